The molecule has 1 N–H and O–H groups in total. The Morgan fingerprint density at radius 1 is 1.07 bits per heavy atom. The second-order valence-corrected chi connectivity index (χ2v) is 7.77. The molecule has 0 saturated heterocycles. The fraction of sp³-hybridized carbons (Fsp3) is 0.280. The number of carbonyl (C=O) groups excluding carboxylic acids is 1. The zero-order valence-corrected chi connectivity index (χ0v) is 17.9. The van der Waals surface area contributed by atoms with E-state index in [1.165, 1.54) is 16.7 Å². The maximum atomic E-state index is 12.5. The van der Waals surface area contributed by atoms with Crippen LogP contribution in [0.1, 0.15) is 53.4 Å². The van der Waals surface area contributed by atoms with Crippen LogP contribution in [0.3, 0.4) is 0 Å². The van der Waals surface area contributed by atoms with Gasteiger partial charge in [0.25, 0.3) is 0 Å². The fourth-order valence-corrected chi connectivity index (χ4v) is 3.31. The van der Waals surface area contributed by atoms with Gasteiger partial charge in [-0.05, 0) is 55.0 Å². The third-order valence-corrected chi connectivity index (χ3v) is 5.24. The molecule has 0 aliphatic carbocycles. The van der Waals surface area contributed by atoms with Crippen molar-refractivity contribution in [3.05, 3.63) is 88.2 Å². The van der Waals surface area contributed by atoms with Crippen molar-refractivity contribution in [1.82, 2.24) is 9.78 Å². The van der Waals surface area contributed by atoms with Gasteiger partial charge in [0.1, 0.15) is 0 Å². The van der Waals surface area contributed by atoms with Gasteiger partial charge in [-0.1, -0.05) is 62.4 Å². The quantitative estimate of drug-likeness (QED) is 0.557. The number of amides is 1. The summed E-state index contributed by atoms with van der Waals surface area (Å²) in [5.41, 5.74) is 7.31. The van der Waals surface area contributed by atoms with Gasteiger partial charge in [-0.15, -0.1) is 0 Å². The molecule has 4 nitrogen and oxygen atoms in total. The molecule has 4 heteroatoms. The van der Waals surface area contributed by atoms with Gasteiger partial charge in [-0.3, -0.25) is 9.48 Å². The van der Waals surface area contributed by atoms with Crippen LogP contribution in [0.25, 0.3) is 6.08 Å². The van der Waals surface area contributed by atoms with E-state index in [2.05, 4.69) is 55.5 Å². The smallest absolute Gasteiger partial charge is 0.248 e. The summed E-state index contributed by atoms with van der Waals surface area (Å²) in [6.45, 7) is 11.0. The SMILES string of the molecule is Cc1ccccc1Cn1nc(C)c(NC(=O)/C=C/c2ccc(C(C)C)cc2)c1C. The lowest BCUT2D eigenvalue weighted by atomic mass is 10.0. The molecule has 0 aliphatic heterocycles. The topological polar surface area (TPSA) is 46.9 Å². The highest BCUT2D eigenvalue weighted by atomic mass is 16.1. The number of aromatic nitrogens is 2. The van der Waals surface area contributed by atoms with Gasteiger partial charge in [0.2, 0.25) is 5.91 Å². The van der Waals surface area contributed by atoms with Gasteiger partial charge in [0, 0.05) is 6.08 Å². The molecular formula is C25H29N3O. The van der Waals surface area contributed by atoms with E-state index in [9.17, 15) is 4.79 Å². The summed E-state index contributed by atoms with van der Waals surface area (Å²) in [6.07, 6.45) is 3.41. The molecule has 1 aromatic heterocycles. The summed E-state index contributed by atoms with van der Waals surface area (Å²) in [6, 6.07) is 16.6. The molecule has 3 rings (SSSR count). The first kappa shape index (κ1) is 20.6. The first-order valence-electron chi connectivity index (χ1n) is 10.0. The molecule has 0 atom stereocenters. The highest BCUT2D eigenvalue weighted by Gasteiger charge is 2.14. The van der Waals surface area contributed by atoms with E-state index in [0.29, 0.717) is 12.5 Å². The average molecular weight is 388 g/mol. The molecule has 0 spiro atoms. The van der Waals surface area contributed by atoms with Gasteiger partial charge in [0.15, 0.2) is 0 Å². The Kier molecular flexibility index (Phi) is 6.32. The lowest BCUT2D eigenvalue weighted by Gasteiger charge is -2.08. The van der Waals surface area contributed by atoms with Crippen molar-refractivity contribution in [1.29, 1.82) is 0 Å². The Balaban J connectivity index is 1.70. The average Bonchev–Trinajstić information content (AvgIpc) is 2.96. The van der Waals surface area contributed by atoms with Crippen molar-refractivity contribution in [3.63, 3.8) is 0 Å². The molecule has 2 aromatic carbocycles. The normalized spacial score (nSPS) is 11.4. The summed E-state index contributed by atoms with van der Waals surface area (Å²) >= 11 is 0. The van der Waals surface area contributed by atoms with Crippen LogP contribution in [0.15, 0.2) is 54.6 Å². The van der Waals surface area contributed by atoms with Crippen molar-refractivity contribution < 1.29 is 4.79 Å². The van der Waals surface area contributed by atoms with Gasteiger partial charge in [0.05, 0.1) is 23.6 Å². The van der Waals surface area contributed by atoms with Gasteiger partial charge in [-0.2, -0.15) is 5.10 Å². The monoisotopic (exact) mass is 387 g/mol. The number of hydrogen-bond donors (Lipinski definition) is 1. The first-order valence-corrected chi connectivity index (χ1v) is 10.0. The molecule has 29 heavy (non-hydrogen) atoms. The predicted octanol–water partition coefficient (Wildman–Crippen LogP) is 5.63. The third kappa shape index (κ3) is 5.02. The Hall–Kier alpha value is -3.14. The van der Waals surface area contributed by atoms with E-state index in [0.717, 1.165) is 22.6 Å². The van der Waals surface area contributed by atoms with Crippen LogP contribution in [-0.2, 0) is 11.3 Å². The minimum Gasteiger partial charge on any atom is -0.319 e. The minimum absolute atomic E-state index is 0.153. The molecule has 0 saturated carbocycles. The van der Waals surface area contributed by atoms with E-state index in [4.69, 9.17) is 0 Å². The largest absolute Gasteiger partial charge is 0.319 e. The van der Waals surface area contributed by atoms with Crippen LogP contribution in [0.5, 0.6) is 0 Å². The van der Waals surface area contributed by atoms with Crippen molar-refractivity contribution in [2.24, 2.45) is 0 Å². The van der Waals surface area contributed by atoms with Crippen molar-refractivity contribution in [2.75, 3.05) is 5.32 Å². The molecular weight excluding hydrogens is 358 g/mol. The maximum absolute atomic E-state index is 12.5. The molecule has 1 amide bonds. The molecule has 0 aliphatic rings. The molecule has 0 fully saturated rings. The number of nitrogens with zero attached hydrogens (tertiary/aromatic N) is 2. The zero-order chi connectivity index (χ0) is 21.0. The summed E-state index contributed by atoms with van der Waals surface area (Å²) in [7, 11) is 0. The van der Waals surface area contributed by atoms with Crippen LogP contribution in [0.4, 0.5) is 5.69 Å². The zero-order valence-electron chi connectivity index (χ0n) is 17.9. The van der Waals surface area contributed by atoms with Crippen molar-refractivity contribution in [3.8, 4) is 0 Å². The lowest BCUT2D eigenvalue weighted by molar-refractivity contribution is -0.111. The van der Waals surface area contributed by atoms with E-state index >= 15 is 0 Å². The van der Waals surface area contributed by atoms with Crippen LogP contribution < -0.4 is 5.32 Å². The second-order valence-electron chi connectivity index (χ2n) is 7.77. The maximum Gasteiger partial charge on any atom is 0.248 e. The lowest BCUT2D eigenvalue weighted by Crippen LogP contribution is -2.10. The number of benzene rings is 2. The van der Waals surface area contributed by atoms with Crippen LogP contribution in [0.2, 0.25) is 0 Å². The predicted molar refractivity (Wildman–Crippen MR) is 120 cm³/mol. The van der Waals surface area contributed by atoms with Crippen molar-refractivity contribution in [2.45, 2.75) is 47.1 Å². The van der Waals surface area contributed by atoms with Gasteiger partial charge < -0.3 is 5.32 Å². The molecule has 0 bridgehead atoms. The minimum atomic E-state index is -0.153. The Morgan fingerprint density at radius 2 is 1.76 bits per heavy atom. The summed E-state index contributed by atoms with van der Waals surface area (Å²) in [5.74, 6) is 0.345. The number of aryl methyl sites for hydroxylation is 2. The van der Waals surface area contributed by atoms with Gasteiger partial charge >= 0.3 is 0 Å². The number of hydrogen-bond acceptors (Lipinski definition) is 2. The summed E-state index contributed by atoms with van der Waals surface area (Å²) < 4.78 is 1.95. The standard InChI is InChI=1S/C25H29N3O/c1-17(2)22-13-10-21(11-14-22)12-15-24(29)26-25-19(4)27-28(20(25)5)16-23-9-7-6-8-18(23)3/h6-15,17H,16H2,1-5H3,(H,26,29)/b15-12+. The Labute approximate surface area is 173 Å². The summed E-state index contributed by atoms with van der Waals surface area (Å²) in [5, 5.41) is 7.61. The third-order valence-electron chi connectivity index (χ3n) is 5.24. The fourth-order valence-electron chi connectivity index (χ4n) is 3.31. The number of rotatable bonds is 6. The summed E-state index contributed by atoms with van der Waals surface area (Å²) in [4.78, 5) is 12.5. The number of anilines is 1. The second kappa shape index (κ2) is 8.91. The molecule has 0 unspecified atom stereocenters. The van der Waals surface area contributed by atoms with E-state index < -0.39 is 0 Å². The molecule has 0 radical (unpaired) electrons. The molecule has 3 aromatic rings. The number of carbonyl (C=O) groups is 1. The van der Waals surface area contributed by atoms with Crippen LogP contribution in [-0.4, -0.2) is 15.7 Å². The number of nitrogens with one attached hydrogen (secondary N) is 1. The Bertz CT molecular complexity index is 1030. The highest BCUT2D eigenvalue weighted by molar-refractivity contribution is 6.02. The van der Waals surface area contributed by atoms with Crippen molar-refractivity contribution >= 4 is 17.7 Å². The van der Waals surface area contributed by atoms with E-state index in [-0.39, 0.29) is 5.91 Å². The molecule has 1 heterocycles. The van der Waals surface area contributed by atoms with Crippen LogP contribution in [0, 0.1) is 20.8 Å². The van der Waals surface area contributed by atoms with Crippen LogP contribution >= 0.6 is 0 Å². The van der Waals surface area contributed by atoms with E-state index in [1.54, 1.807) is 6.08 Å². The molecule has 150 valence electrons. The highest BCUT2D eigenvalue weighted by Crippen LogP contribution is 2.21. The first-order chi connectivity index (χ1) is 13.8. The van der Waals surface area contributed by atoms with Gasteiger partial charge in [-0.25, -0.2) is 0 Å². The van der Waals surface area contributed by atoms with E-state index in [1.807, 2.05) is 48.9 Å². The Morgan fingerprint density at radius 3 is 2.41 bits per heavy atom.